The summed E-state index contributed by atoms with van der Waals surface area (Å²) in [5, 5.41) is 5.11. The Balaban J connectivity index is 1.94. The van der Waals surface area contributed by atoms with Crippen molar-refractivity contribution >= 4 is 17.8 Å². The second-order valence-electron chi connectivity index (χ2n) is 6.31. The first-order valence-corrected chi connectivity index (χ1v) is 7.91. The molecule has 0 spiro atoms. The van der Waals surface area contributed by atoms with E-state index in [4.69, 9.17) is 0 Å². The minimum Gasteiger partial charge on any atom is -0.339 e. The van der Waals surface area contributed by atoms with Gasteiger partial charge in [0.25, 0.3) is 5.91 Å². The van der Waals surface area contributed by atoms with Gasteiger partial charge in [-0.3, -0.25) is 14.9 Å². The average molecular weight is 315 g/mol. The molecule has 1 atom stereocenters. The van der Waals surface area contributed by atoms with Gasteiger partial charge in [0.1, 0.15) is 0 Å². The van der Waals surface area contributed by atoms with E-state index in [2.05, 4.69) is 10.6 Å². The van der Waals surface area contributed by atoms with Gasteiger partial charge >= 0.3 is 6.03 Å². The van der Waals surface area contributed by atoms with Crippen molar-refractivity contribution < 1.29 is 14.4 Å². The molecule has 1 unspecified atom stereocenters. The second-order valence-corrected chi connectivity index (χ2v) is 6.31. The number of carbonyl (C=O) groups is 3. The fraction of sp³-hybridized carbons (Fsp3) is 0.471. The summed E-state index contributed by atoms with van der Waals surface area (Å²) in [4.78, 5) is 38.0. The molecule has 2 N–H and O–H groups in total. The molecule has 2 heterocycles. The van der Waals surface area contributed by atoms with E-state index in [1.165, 1.54) is 0 Å². The third-order valence-corrected chi connectivity index (χ3v) is 4.71. The Kier molecular flexibility index (Phi) is 3.83. The predicted octanol–water partition coefficient (Wildman–Crippen LogP) is 1.41. The number of urea groups is 1. The lowest BCUT2D eigenvalue weighted by Gasteiger charge is -2.32. The van der Waals surface area contributed by atoms with Gasteiger partial charge < -0.3 is 10.2 Å². The van der Waals surface area contributed by atoms with Crippen LogP contribution in [0, 0.1) is 0 Å². The number of nitrogens with one attached hydrogen (secondary N) is 2. The monoisotopic (exact) mass is 315 g/mol. The molecule has 0 aromatic rings. The number of nitrogens with zero attached hydrogens (tertiary/aromatic N) is 1. The summed E-state index contributed by atoms with van der Waals surface area (Å²) >= 11 is 0. The highest BCUT2D eigenvalue weighted by atomic mass is 16.2. The molecule has 23 heavy (non-hydrogen) atoms. The number of imide groups is 1. The van der Waals surface area contributed by atoms with Crippen LogP contribution in [0.3, 0.4) is 0 Å². The molecule has 0 aromatic heterocycles. The Morgan fingerprint density at radius 2 is 2.13 bits per heavy atom. The standard InChI is InChI=1S/C17H21N3O3/c1-3-5-12-9-13(8-11(12)2)17(15(22)18-16(23)19-17)10-20-7-4-6-14(20)21/h3,5,9H,4,6-8,10H2,1-2H3,(H2,18,19,22,23)/b5-3-. The lowest BCUT2D eigenvalue weighted by molar-refractivity contribution is -0.130. The molecule has 3 aliphatic rings. The molecule has 1 aliphatic carbocycles. The predicted molar refractivity (Wildman–Crippen MR) is 85.4 cm³/mol. The lowest BCUT2D eigenvalue weighted by atomic mass is 9.87. The fourth-order valence-corrected chi connectivity index (χ4v) is 3.48. The molecule has 6 heteroatoms. The van der Waals surface area contributed by atoms with E-state index in [-0.39, 0.29) is 18.4 Å². The molecule has 0 bridgehead atoms. The van der Waals surface area contributed by atoms with E-state index < -0.39 is 11.6 Å². The Hall–Kier alpha value is -2.37. The zero-order chi connectivity index (χ0) is 16.6. The Morgan fingerprint density at radius 1 is 1.35 bits per heavy atom. The summed E-state index contributed by atoms with van der Waals surface area (Å²) < 4.78 is 0. The SMILES string of the molecule is C/C=C\C1=C(C)CC(C2(CN3CCCC3=O)NC(=O)NC2=O)=C1. The minimum atomic E-state index is -1.15. The summed E-state index contributed by atoms with van der Waals surface area (Å²) in [5.41, 5.74) is 1.90. The third-order valence-electron chi connectivity index (χ3n) is 4.71. The van der Waals surface area contributed by atoms with Gasteiger partial charge in [0.15, 0.2) is 5.54 Å². The molecule has 0 aromatic carbocycles. The van der Waals surface area contributed by atoms with Crippen molar-refractivity contribution in [1.82, 2.24) is 15.5 Å². The molecule has 2 aliphatic heterocycles. The molecule has 2 fully saturated rings. The number of carbonyl (C=O) groups excluding carboxylic acids is 3. The maximum atomic E-state index is 12.5. The van der Waals surface area contributed by atoms with Gasteiger partial charge in [0.05, 0.1) is 6.54 Å². The number of rotatable bonds is 4. The van der Waals surface area contributed by atoms with Gasteiger partial charge in [-0.05, 0) is 37.8 Å². The maximum absolute atomic E-state index is 12.5. The number of hydrogen-bond donors (Lipinski definition) is 2. The van der Waals surface area contributed by atoms with Gasteiger partial charge in [0.2, 0.25) is 5.91 Å². The van der Waals surface area contributed by atoms with Crippen LogP contribution in [-0.2, 0) is 9.59 Å². The van der Waals surface area contributed by atoms with Crippen molar-refractivity contribution in [1.29, 1.82) is 0 Å². The maximum Gasteiger partial charge on any atom is 0.322 e. The van der Waals surface area contributed by atoms with Crippen molar-refractivity contribution in [3.8, 4) is 0 Å². The second kappa shape index (κ2) is 5.68. The van der Waals surface area contributed by atoms with E-state index in [1.807, 2.05) is 32.1 Å². The molecule has 4 amide bonds. The smallest absolute Gasteiger partial charge is 0.322 e. The topological polar surface area (TPSA) is 78.5 Å². The summed E-state index contributed by atoms with van der Waals surface area (Å²) in [6.45, 7) is 4.79. The van der Waals surface area contributed by atoms with Crippen molar-refractivity contribution in [2.75, 3.05) is 13.1 Å². The molecule has 0 saturated carbocycles. The number of likely N-dealkylation sites (tertiary alicyclic amines) is 1. The number of allylic oxidation sites excluding steroid dienone is 5. The number of hydrogen-bond acceptors (Lipinski definition) is 3. The van der Waals surface area contributed by atoms with Crippen LogP contribution in [0.15, 0.2) is 34.9 Å². The largest absolute Gasteiger partial charge is 0.339 e. The van der Waals surface area contributed by atoms with E-state index in [0.29, 0.717) is 19.4 Å². The minimum absolute atomic E-state index is 0.0373. The van der Waals surface area contributed by atoms with Gasteiger partial charge in [-0.1, -0.05) is 23.8 Å². The molecular weight excluding hydrogens is 294 g/mol. The van der Waals surface area contributed by atoms with Crippen molar-refractivity contribution in [3.05, 3.63) is 34.9 Å². The molecule has 0 radical (unpaired) electrons. The van der Waals surface area contributed by atoms with Gasteiger partial charge in [-0.2, -0.15) is 0 Å². The summed E-state index contributed by atoms with van der Waals surface area (Å²) in [7, 11) is 0. The average Bonchev–Trinajstić information content (AvgIpc) is 3.13. The molecule has 6 nitrogen and oxygen atoms in total. The van der Waals surface area contributed by atoms with Crippen molar-refractivity contribution in [2.24, 2.45) is 0 Å². The lowest BCUT2D eigenvalue weighted by Crippen LogP contribution is -2.56. The van der Waals surface area contributed by atoms with Crippen LogP contribution in [-0.4, -0.2) is 41.4 Å². The number of amides is 4. The first-order chi connectivity index (χ1) is 11.0. The van der Waals surface area contributed by atoms with Crippen LogP contribution in [0.25, 0.3) is 0 Å². The van der Waals surface area contributed by atoms with Gasteiger partial charge in [0, 0.05) is 13.0 Å². The quantitative estimate of drug-likeness (QED) is 0.770. The molecule has 2 saturated heterocycles. The summed E-state index contributed by atoms with van der Waals surface area (Å²) in [5.74, 6) is -0.335. The van der Waals surface area contributed by atoms with Crippen LogP contribution in [0.4, 0.5) is 4.79 Å². The first-order valence-electron chi connectivity index (χ1n) is 7.91. The van der Waals surface area contributed by atoms with Gasteiger partial charge in [-0.15, -0.1) is 0 Å². The Bertz CT molecular complexity index is 675. The normalized spacial score (nSPS) is 28.0. The fourth-order valence-electron chi connectivity index (χ4n) is 3.48. The van der Waals surface area contributed by atoms with Crippen LogP contribution in [0.2, 0.25) is 0 Å². The zero-order valence-electron chi connectivity index (χ0n) is 13.4. The van der Waals surface area contributed by atoms with Gasteiger partial charge in [-0.25, -0.2) is 4.79 Å². The Morgan fingerprint density at radius 3 is 2.70 bits per heavy atom. The van der Waals surface area contributed by atoms with E-state index in [1.54, 1.807) is 4.90 Å². The van der Waals surface area contributed by atoms with Crippen LogP contribution in [0.1, 0.15) is 33.1 Å². The Labute approximate surface area is 135 Å². The molecule has 3 rings (SSSR count). The van der Waals surface area contributed by atoms with E-state index in [0.717, 1.165) is 23.1 Å². The van der Waals surface area contributed by atoms with Crippen LogP contribution < -0.4 is 10.6 Å². The van der Waals surface area contributed by atoms with E-state index >= 15 is 0 Å². The van der Waals surface area contributed by atoms with Crippen molar-refractivity contribution in [2.45, 2.75) is 38.6 Å². The third kappa shape index (κ3) is 2.58. The summed E-state index contributed by atoms with van der Waals surface area (Å²) in [6, 6.07) is -0.500. The van der Waals surface area contributed by atoms with Crippen LogP contribution in [0.5, 0.6) is 0 Å². The van der Waals surface area contributed by atoms with Crippen LogP contribution >= 0.6 is 0 Å². The highest BCUT2D eigenvalue weighted by molar-refractivity contribution is 6.09. The zero-order valence-corrected chi connectivity index (χ0v) is 13.4. The summed E-state index contributed by atoms with van der Waals surface area (Å²) in [6.07, 6.45) is 7.82. The first kappa shape index (κ1) is 15.5. The molecular formula is C17H21N3O3. The van der Waals surface area contributed by atoms with Crippen molar-refractivity contribution in [3.63, 3.8) is 0 Å². The highest BCUT2D eigenvalue weighted by Crippen LogP contribution is 2.36. The van der Waals surface area contributed by atoms with E-state index in [9.17, 15) is 14.4 Å². The molecule has 122 valence electrons. The highest BCUT2D eigenvalue weighted by Gasteiger charge is 2.51.